The first-order valence-corrected chi connectivity index (χ1v) is 15.6. The van der Waals surface area contributed by atoms with Crippen LogP contribution in [0.2, 0.25) is 0 Å². The van der Waals surface area contributed by atoms with E-state index in [4.69, 9.17) is 25.3 Å². The number of carbonyl (C=O) groups excluding carboxylic acids is 5. The third-order valence-electron chi connectivity index (χ3n) is 6.55. The molecular weight excluding hydrogens is 775 g/mol. The smallest absolute Gasteiger partial charge is 0.333 e. The number of carbonyl (C=O) groups is 6. The number of likely N-dealkylation sites (N-methyl/N-ethyl adjacent to an activating group) is 1. The summed E-state index contributed by atoms with van der Waals surface area (Å²) in [6.45, 7) is 3.50. The predicted octanol–water partition coefficient (Wildman–Crippen LogP) is 4.74. The average molecular weight is 831 g/mol. The fourth-order valence-corrected chi connectivity index (χ4v) is 3.87. The van der Waals surface area contributed by atoms with E-state index >= 15 is 0 Å². The number of carboxylic acid groups (broad SMARTS) is 1. The summed E-state index contributed by atoms with van der Waals surface area (Å²) in [4.78, 5) is 69.7. The third-order valence-corrected chi connectivity index (χ3v) is 6.55. The molecule has 0 spiro atoms. The Morgan fingerprint density at radius 2 is 1.04 bits per heavy atom. The van der Waals surface area contributed by atoms with Gasteiger partial charge in [0.25, 0.3) is 11.8 Å². The first-order chi connectivity index (χ1) is 23.7. The second-order valence-corrected chi connectivity index (χ2v) is 10.7. The Kier molecular flexibility index (Phi) is 32.9. The number of amides is 3. The minimum Gasteiger partial charge on any atom is -0.508 e. The van der Waals surface area contributed by atoms with Gasteiger partial charge in [-0.15, -0.1) is 5.06 Å². The molecule has 0 atom stereocenters. The Morgan fingerprint density at radius 3 is 1.33 bits per heavy atom. The number of aliphatic carboxylic acids is 1. The fraction of sp³-hybridized carbons (Fsp3) is 0.333. The molecule has 54 heavy (non-hydrogen) atoms. The maximum Gasteiger partial charge on any atom is 0.333 e. The van der Waals surface area contributed by atoms with Gasteiger partial charge in [-0.2, -0.15) is 0 Å². The van der Waals surface area contributed by atoms with Crippen molar-refractivity contribution in [3.63, 3.8) is 0 Å². The topological polar surface area (TPSA) is 220 Å². The molecule has 1 fully saturated rings. The van der Waals surface area contributed by atoms with E-state index < -0.39 is 23.8 Å². The van der Waals surface area contributed by atoms with Gasteiger partial charge in [-0.3, -0.25) is 19.2 Å². The molecule has 3 aromatic rings. The molecule has 297 valence electrons. The van der Waals surface area contributed by atoms with Gasteiger partial charge >= 0.3 is 11.9 Å². The Labute approximate surface area is 344 Å². The molecule has 6 N–H and O–H groups in total. The molecule has 3 aromatic carbocycles. The van der Waals surface area contributed by atoms with Crippen LogP contribution in [-0.4, -0.2) is 81.6 Å². The predicted molar refractivity (Wildman–Crippen MR) is 202 cm³/mol. The first kappa shape index (κ1) is 56.0. The largest absolute Gasteiger partial charge is 0.508 e. The normalized spacial score (nSPS) is 10.6. The standard InChI is InChI=1S/C13H13NO5.C10H13NO2.C9H10O3.C4H8NO.2CH4.CH3.Y/c15-10-4-1-9(2-5-10)3-8-13(18)19-14-11(16)6-7-12(14)17;1-11-10(13)7-4-8-2-5-9(12)6-3-8;10-8-4-1-7(2-5-8)3-6-9(11)12;1-4(6)3-5-2;;;;/h1-2,4-5,15H,3,6-8H2;2-3,5-6,12H,4,7H2,1H3,(H,11,13);1-2,4-5,10H,3,6H2,(H,11,12);5H,1,3H2,2H3;2*1H4;1H3;/q;;;-1;;;-1;. The second kappa shape index (κ2) is 31.7. The molecular formula is C39H55N3O11Y-2. The fourth-order valence-electron chi connectivity index (χ4n) is 3.87. The summed E-state index contributed by atoms with van der Waals surface area (Å²) in [5, 5.41) is 41.2. The number of phenolic OH excluding ortho intramolecular Hbond substituents is 3. The number of hydrogen-bond acceptors (Lipinski definition) is 11. The molecule has 1 aliphatic heterocycles. The number of rotatable bonds is 12. The number of Topliss-reactive ketones (excluding diaryl/α,β-unsaturated/α-hetero) is 1. The van der Waals surface area contributed by atoms with Crippen LogP contribution < -0.4 is 10.6 Å². The number of phenols is 3. The number of nitrogens with one attached hydrogen (secondary N) is 2. The summed E-state index contributed by atoms with van der Waals surface area (Å²) in [6, 6.07) is 19.9. The molecule has 4 rings (SSSR count). The molecule has 1 heterocycles. The number of aromatic hydroxyl groups is 3. The molecule has 1 saturated heterocycles. The number of hydroxylamine groups is 2. The van der Waals surface area contributed by atoms with Gasteiger partial charge in [-0.05, 0) is 79.4 Å². The quantitative estimate of drug-likeness (QED) is 0.108. The van der Waals surface area contributed by atoms with Gasteiger partial charge in [-0.25, -0.2) is 4.79 Å². The summed E-state index contributed by atoms with van der Waals surface area (Å²) < 4.78 is 0. The first-order valence-electron chi connectivity index (χ1n) is 15.6. The van der Waals surface area contributed by atoms with Crippen LogP contribution in [0.5, 0.6) is 17.2 Å². The van der Waals surface area contributed by atoms with Crippen LogP contribution in [0.25, 0.3) is 0 Å². The van der Waals surface area contributed by atoms with Gasteiger partial charge in [0.05, 0.1) is 6.42 Å². The summed E-state index contributed by atoms with van der Waals surface area (Å²) >= 11 is 0. The Balaban J connectivity index is -0.000000320. The number of hydrogen-bond donors (Lipinski definition) is 6. The molecule has 14 nitrogen and oxygen atoms in total. The van der Waals surface area contributed by atoms with Crippen LogP contribution in [0.1, 0.15) is 63.6 Å². The summed E-state index contributed by atoms with van der Waals surface area (Å²) in [5.41, 5.74) is 2.84. The van der Waals surface area contributed by atoms with Crippen LogP contribution in [0.3, 0.4) is 0 Å². The van der Waals surface area contributed by atoms with Gasteiger partial charge in [0, 0.05) is 77.8 Å². The Bertz CT molecular complexity index is 1520. The van der Waals surface area contributed by atoms with Gasteiger partial charge < -0.3 is 55.0 Å². The molecule has 0 saturated carbocycles. The minimum atomic E-state index is -0.803. The van der Waals surface area contributed by atoms with E-state index in [1.54, 1.807) is 62.6 Å². The number of ketones is 1. The van der Waals surface area contributed by atoms with Gasteiger partial charge in [0.15, 0.2) is 0 Å². The van der Waals surface area contributed by atoms with Crippen molar-refractivity contribution in [1.82, 2.24) is 15.7 Å². The van der Waals surface area contributed by atoms with Gasteiger partial charge in [-0.1, -0.05) is 51.3 Å². The SMILES string of the molecule is C.C.CNC(=O)CCc1ccc(O)cc1.O=C(CCc1ccc(O)cc1)ON1C(=O)CCC1=O.O=C(O)CCc1ccc(O)cc1.[CH2-]C(=O)CNC.[CH3-].[Y]. The zero-order valence-corrected chi connectivity index (χ0v) is 32.5. The van der Waals surface area contributed by atoms with Gasteiger partial charge in [0.1, 0.15) is 17.2 Å². The molecule has 3 amide bonds. The summed E-state index contributed by atoms with van der Waals surface area (Å²) in [5.74, 6) is -1.83. The number of aryl methyl sites for hydroxylation is 3. The van der Waals surface area contributed by atoms with Crippen molar-refractivity contribution >= 4 is 35.4 Å². The number of carboxylic acids is 1. The number of imide groups is 1. The van der Waals surface area contributed by atoms with E-state index in [0.29, 0.717) is 37.3 Å². The number of nitrogens with zero attached hydrogens (tertiary/aromatic N) is 1. The zero-order valence-electron chi connectivity index (χ0n) is 29.7. The van der Waals surface area contributed by atoms with Crippen LogP contribution in [-0.2, 0) is 85.6 Å². The summed E-state index contributed by atoms with van der Waals surface area (Å²) in [7, 11) is 3.34. The molecule has 1 radical (unpaired) electrons. The zero-order chi connectivity index (χ0) is 37.5. The molecule has 0 aromatic heterocycles. The van der Waals surface area contributed by atoms with Crippen molar-refractivity contribution in [2.75, 3.05) is 20.6 Å². The van der Waals surface area contributed by atoms with Crippen molar-refractivity contribution in [2.24, 2.45) is 0 Å². The van der Waals surface area contributed by atoms with E-state index in [0.717, 1.165) is 16.7 Å². The molecule has 1 aliphatic rings. The Hall–Kier alpha value is -4.79. The van der Waals surface area contributed by atoms with Crippen molar-refractivity contribution in [3.05, 3.63) is 104 Å². The number of benzene rings is 3. The molecule has 0 aliphatic carbocycles. The van der Waals surface area contributed by atoms with Crippen LogP contribution in [0, 0.1) is 14.4 Å². The monoisotopic (exact) mass is 830 g/mol. The Morgan fingerprint density at radius 1 is 0.685 bits per heavy atom. The van der Waals surface area contributed by atoms with Crippen LogP contribution in [0.4, 0.5) is 0 Å². The van der Waals surface area contributed by atoms with E-state index in [-0.39, 0.29) is 110 Å². The van der Waals surface area contributed by atoms with E-state index in [1.165, 1.54) is 12.1 Å². The van der Waals surface area contributed by atoms with Crippen molar-refractivity contribution in [2.45, 2.75) is 66.2 Å². The molecule has 0 unspecified atom stereocenters. The van der Waals surface area contributed by atoms with E-state index in [2.05, 4.69) is 17.6 Å². The molecule has 15 heteroatoms. The van der Waals surface area contributed by atoms with Gasteiger partial charge in [0.2, 0.25) is 5.91 Å². The second-order valence-electron chi connectivity index (χ2n) is 10.7. The average Bonchev–Trinajstić information content (AvgIpc) is 3.40. The van der Waals surface area contributed by atoms with Crippen LogP contribution >= 0.6 is 0 Å². The minimum absolute atomic E-state index is 0. The maximum absolute atomic E-state index is 11.5. The van der Waals surface area contributed by atoms with Crippen molar-refractivity contribution < 1.29 is 86.7 Å². The van der Waals surface area contributed by atoms with Crippen molar-refractivity contribution in [3.8, 4) is 17.2 Å². The van der Waals surface area contributed by atoms with E-state index in [1.807, 2.05) is 12.1 Å². The summed E-state index contributed by atoms with van der Waals surface area (Å²) in [6.07, 6.45) is 2.48. The third kappa shape index (κ3) is 26.1. The van der Waals surface area contributed by atoms with Crippen molar-refractivity contribution in [1.29, 1.82) is 0 Å². The molecule has 0 bridgehead atoms. The maximum atomic E-state index is 11.5. The van der Waals surface area contributed by atoms with E-state index in [9.17, 15) is 28.8 Å². The van der Waals surface area contributed by atoms with Crippen LogP contribution in [0.15, 0.2) is 72.8 Å².